The third kappa shape index (κ3) is 2.85. The van der Waals surface area contributed by atoms with Crippen LogP contribution in [0, 0.1) is 0 Å². The summed E-state index contributed by atoms with van der Waals surface area (Å²) in [4.78, 5) is 21.8. The molecule has 1 aromatic carbocycles. The Morgan fingerprint density at radius 1 is 1.50 bits per heavy atom. The van der Waals surface area contributed by atoms with Crippen molar-refractivity contribution < 1.29 is 23.1 Å². The molecule has 1 rings (SSSR count). The van der Waals surface area contributed by atoms with E-state index in [2.05, 4.69) is 20.7 Å². The minimum absolute atomic E-state index is 0.0499. The SMILES string of the molecule is CC(=O)c1cc(OC(F)F)c(Br)cc1C=O. The van der Waals surface area contributed by atoms with E-state index in [9.17, 15) is 18.4 Å². The third-order valence-corrected chi connectivity index (χ3v) is 2.45. The molecule has 0 aliphatic rings. The molecule has 0 saturated heterocycles. The first-order valence-corrected chi connectivity index (χ1v) is 4.99. The zero-order valence-corrected chi connectivity index (χ0v) is 9.75. The summed E-state index contributed by atoms with van der Waals surface area (Å²) in [5, 5.41) is 0. The average molecular weight is 293 g/mol. The second-order valence-corrected chi connectivity index (χ2v) is 3.78. The molecule has 0 bridgehead atoms. The largest absolute Gasteiger partial charge is 0.434 e. The fraction of sp³-hybridized carbons (Fsp3) is 0.200. The Morgan fingerprint density at radius 2 is 2.12 bits per heavy atom. The van der Waals surface area contributed by atoms with Gasteiger partial charge < -0.3 is 4.74 Å². The van der Waals surface area contributed by atoms with Crippen LogP contribution in [0.2, 0.25) is 0 Å². The Bertz CT molecular complexity index is 432. The van der Waals surface area contributed by atoms with Gasteiger partial charge >= 0.3 is 6.61 Å². The summed E-state index contributed by atoms with van der Waals surface area (Å²) in [6.45, 7) is -1.75. The number of carbonyl (C=O) groups excluding carboxylic acids is 2. The molecule has 6 heteroatoms. The van der Waals surface area contributed by atoms with Crippen molar-refractivity contribution in [3.63, 3.8) is 0 Å². The molecule has 0 aliphatic carbocycles. The predicted octanol–water partition coefficient (Wildman–Crippen LogP) is 3.07. The molecule has 0 saturated carbocycles. The Labute approximate surface area is 98.5 Å². The van der Waals surface area contributed by atoms with Crippen LogP contribution in [0.25, 0.3) is 0 Å². The van der Waals surface area contributed by atoms with Gasteiger partial charge in [-0.2, -0.15) is 8.78 Å². The Morgan fingerprint density at radius 3 is 2.56 bits per heavy atom. The van der Waals surface area contributed by atoms with Gasteiger partial charge in [0.1, 0.15) is 5.75 Å². The van der Waals surface area contributed by atoms with Crippen molar-refractivity contribution in [1.29, 1.82) is 0 Å². The molecule has 0 amide bonds. The maximum atomic E-state index is 12.0. The topological polar surface area (TPSA) is 43.4 Å². The zero-order chi connectivity index (χ0) is 12.3. The highest BCUT2D eigenvalue weighted by Crippen LogP contribution is 2.29. The number of alkyl halides is 2. The van der Waals surface area contributed by atoms with Crippen molar-refractivity contribution in [3.8, 4) is 5.75 Å². The zero-order valence-electron chi connectivity index (χ0n) is 8.17. The van der Waals surface area contributed by atoms with Crippen LogP contribution >= 0.6 is 15.9 Å². The van der Waals surface area contributed by atoms with E-state index in [0.717, 1.165) is 6.07 Å². The highest BCUT2D eigenvalue weighted by atomic mass is 79.9. The summed E-state index contributed by atoms with van der Waals surface area (Å²) in [5.74, 6) is -0.570. The van der Waals surface area contributed by atoms with Gasteiger partial charge in [-0.25, -0.2) is 0 Å². The molecule has 0 unspecified atom stereocenters. The quantitative estimate of drug-likeness (QED) is 0.633. The Balaban J connectivity index is 3.27. The number of hydrogen-bond donors (Lipinski definition) is 0. The van der Waals surface area contributed by atoms with Gasteiger partial charge in [-0.3, -0.25) is 9.59 Å². The maximum absolute atomic E-state index is 12.0. The van der Waals surface area contributed by atoms with Gasteiger partial charge in [-0.05, 0) is 35.0 Å². The highest BCUT2D eigenvalue weighted by Gasteiger charge is 2.14. The number of halogens is 3. The van der Waals surface area contributed by atoms with Crippen LogP contribution in [0.3, 0.4) is 0 Å². The summed E-state index contributed by atoms with van der Waals surface area (Å²) in [7, 11) is 0. The number of benzene rings is 1. The standard InChI is InChI=1S/C10H7BrF2O3/c1-5(15)7-3-9(16-10(12)13)8(11)2-6(7)4-14/h2-4,10H,1H3. The van der Waals surface area contributed by atoms with Crippen LogP contribution in [-0.4, -0.2) is 18.7 Å². The fourth-order valence-electron chi connectivity index (χ4n) is 1.16. The summed E-state index contributed by atoms with van der Waals surface area (Å²) < 4.78 is 28.4. The molecule has 0 spiro atoms. The van der Waals surface area contributed by atoms with E-state index in [4.69, 9.17) is 0 Å². The lowest BCUT2D eigenvalue weighted by atomic mass is 10.1. The van der Waals surface area contributed by atoms with Gasteiger partial charge in [-0.1, -0.05) is 0 Å². The Kier molecular flexibility index (Phi) is 4.12. The van der Waals surface area contributed by atoms with E-state index in [-0.39, 0.29) is 21.3 Å². The molecule has 0 atom stereocenters. The van der Waals surface area contributed by atoms with Crippen molar-refractivity contribution in [2.45, 2.75) is 13.5 Å². The van der Waals surface area contributed by atoms with Gasteiger partial charge in [0.05, 0.1) is 4.47 Å². The van der Waals surface area contributed by atoms with E-state index in [1.807, 2.05) is 0 Å². The molecule has 0 radical (unpaired) electrons. The molecule has 86 valence electrons. The number of ketones is 1. The van der Waals surface area contributed by atoms with E-state index in [0.29, 0.717) is 6.29 Å². The van der Waals surface area contributed by atoms with Gasteiger partial charge in [0.2, 0.25) is 0 Å². The van der Waals surface area contributed by atoms with Crippen LogP contribution in [0.4, 0.5) is 8.78 Å². The van der Waals surface area contributed by atoms with Crippen molar-refractivity contribution >= 4 is 28.0 Å². The number of hydrogen-bond acceptors (Lipinski definition) is 3. The van der Waals surface area contributed by atoms with Crippen LogP contribution in [0.5, 0.6) is 5.75 Å². The molecule has 0 fully saturated rings. The van der Waals surface area contributed by atoms with Gasteiger partial charge in [0.25, 0.3) is 0 Å². The number of ether oxygens (including phenoxy) is 1. The molecule has 0 heterocycles. The van der Waals surface area contributed by atoms with Crippen LogP contribution in [0.1, 0.15) is 27.6 Å². The second-order valence-electron chi connectivity index (χ2n) is 2.92. The van der Waals surface area contributed by atoms with Crippen LogP contribution in [-0.2, 0) is 0 Å². The van der Waals surface area contributed by atoms with E-state index >= 15 is 0 Å². The van der Waals surface area contributed by atoms with E-state index < -0.39 is 12.4 Å². The molecule has 0 N–H and O–H groups in total. The molecular formula is C10H7BrF2O3. The lowest BCUT2D eigenvalue weighted by molar-refractivity contribution is -0.0503. The number of carbonyl (C=O) groups is 2. The first kappa shape index (κ1) is 12.8. The van der Waals surface area contributed by atoms with Crippen molar-refractivity contribution in [2.24, 2.45) is 0 Å². The fourth-order valence-corrected chi connectivity index (χ4v) is 1.61. The van der Waals surface area contributed by atoms with E-state index in [1.165, 1.54) is 13.0 Å². The summed E-state index contributed by atoms with van der Waals surface area (Å²) in [5.41, 5.74) is 0.176. The molecular weight excluding hydrogens is 286 g/mol. The van der Waals surface area contributed by atoms with Crippen LogP contribution in [0.15, 0.2) is 16.6 Å². The monoisotopic (exact) mass is 292 g/mol. The lowest BCUT2D eigenvalue weighted by Gasteiger charge is -2.09. The predicted molar refractivity (Wildman–Crippen MR) is 56.2 cm³/mol. The summed E-state index contributed by atoms with van der Waals surface area (Å²) in [6, 6.07) is 2.38. The number of Topliss-reactive ketones (excluding diaryl/α,β-unsaturated/α-hetero) is 1. The normalized spacial score (nSPS) is 10.3. The lowest BCUT2D eigenvalue weighted by Crippen LogP contribution is -2.06. The maximum Gasteiger partial charge on any atom is 0.387 e. The second kappa shape index (κ2) is 5.16. The summed E-state index contributed by atoms with van der Waals surface area (Å²) in [6.07, 6.45) is 0.480. The van der Waals surface area contributed by atoms with Crippen molar-refractivity contribution in [2.75, 3.05) is 0 Å². The van der Waals surface area contributed by atoms with Crippen LogP contribution < -0.4 is 4.74 Å². The smallest absolute Gasteiger partial charge is 0.387 e. The molecule has 16 heavy (non-hydrogen) atoms. The third-order valence-electron chi connectivity index (χ3n) is 1.83. The highest BCUT2D eigenvalue weighted by molar-refractivity contribution is 9.10. The van der Waals surface area contributed by atoms with Crippen molar-refractivity contribution in [3.05, 3.63) is 27.7 Å². The van der Waals surface area contributed by atoms with Gasteiger partial charge in [-0.15, -0.1) is 0 Å². The molecule has 0 aliphatic heterocycles. The minimum atomic E-state index is -2.99. The Hall–Kier alpha value is -1.30. The van der Waals surface area contributed by atoms with E-state index in [1.54, 1.807) is 0 Å². The number of aldehydes is 1. The first-order valence-electron chi connectivity index (χ1n) is 4.20. The first-order chi connectivity index (χ1) is 7.45. The van der Waals surface area contributed by atoms with Gasteiger partial charge in [0.15, 0.2) is 12.1 Å². The molecule has 0 aromatic heterocycles. The van der Waals surface area contributed by atoms with Crippen molar-refractivity contribution in [1.82, 2.24) is 0 Å². The average Bonchev–Trinajstić information content (AvgIpc) is 2.19. The molecule has 3 nitrogen and oxygen atoms in total. The van der Waals surface area contributed by atoms with Gasteiger partial charge in [0, 0.05) is 11.1 Å². The molecule has 1 aromatic rings. The minimum Gasteiger partial charge on any atom is -0.434 e. The number of rotatable bonds is 4. The summed E-state index contributed by atoms with van der Waals surface area (Å²) >= 11 is 2.97.